The van der Waals surface area contributed by atoms with Crippen LogP contribution in [0.4, 0.5) is 0 Å². The maximum atomic E-state index is 4.76. The SMILES string of the molecule is CCNC(=NCc1ccccc1-n1nc(C)cc1C)NCc1ccnn1C. The number of benzene rings is 1. The number of aromatic nitrogens is 4. The molecule has 0 saturated carbocycles. The molecule has 0 unspecified atom stereocenters. The second-order valence-corrected chi connectivity index (χ2v) is 6.46. The van der Waals surface area contributed by atoms with E-state index in [0.717, 1.165) is 40.8 Å². The quantitative estimate of drug-likeness (QED) is 0.520. The Bertz CT molecular complexity index is 920. The summed E-state index contributed by atoms with van der Waals surface area (Å²) < 4.78 is 3.84. The van der Waals surface area contributed by atoms with Gasteiger partial charge < -0.3 is 10.6 Å². The van der Waals surface area contributed by atoms with Crippen molar-refractivity contribution in [2.24, 2.45) is 12.0 Å². The molecular formula is C20H27N7. The van der Waals surface area contributed by atoms with Gasteiger partial charge in [-0.2, -0.15) is 10.2 Å². The molecule has 3 rings (SSSR count). The molecule has 0 spiro atoms. The first-order valence-electron chi connectivity index (χ1n) is 9.19. The zero-order valence-electron chi connectivity index (χ0n) is 16.4. The molecular weight excluding hydrogens is 338 g/mol. The molecule has 0 saturated heterocycles. The third-order valence-electron chi connectivity index (χ3n) is 4.34. The van der Waals surface area contributed by atoms with E-state index in [4.69, 9.17) is 4.99 Å². The van der Waals surface area contributed by atoms with E-state index in [2.05, 4.69) is 52.9 Å². The summed E-state index contributed by atoms with van der Waals surface area (Å²) >= 11 is 0. The second kappa shape index (κ2) is 8.53. The van der Waals surface area contributed by atoms with Crippen molar-refractivity contribution in [3.05, 3.63) is 65.2 Å². The highest BCUT2D eigenvalue weighted by atomic mass is 15.3. The molecule has 0 atom stereocenters. The highest BCUT2D eigenvalue weighted by Gasteiger charge is 2.09. The predicted molar refractivity (Wildman–Crippen MR) is 108 cm³/mol. The number of nitrogens with zero attached hydrogens (tertiary/aromatic N) is 5. The number of para-hydroxylation sites is 1. The minimum absolute atomic E-state index is 0.565. The normalized spacial score (nSPS) is 11.6. The molecule has 2 aromatic heterocycles. The molecule has 0 aliphatic heterocycles. The fourth-order valence-electron chi connectivity index (χ4n) is 2.98. The van der Waals surface area contributed by atoms with Crippen LogP contribution in [0.25, 0.3) is 5.69 Å². The van der Waals surface area contributed by atoms with Gasteiger partial charge in [-0.25, -0.2) is 9.67 Å². The van der Waals surface area contributed by atoms with Crippen LogP contribution in [0.1, 0.15) is 29.6 Å². The molecule has 142 valence electrons. The van der Waals surface area contributed by atoms with Crippen molar-refractivity contribution >= 4 is 5.96 Å². The lowest BCUT2D eigenvalue weighted by molar-refractivity contribution is 0.684. The van der Waals surface area contributed by atoms with Crippen LogP contribution in [0.5, 0.6) is 0 Å². The van der Waals surface area contributed by atoms with Gasteiger partial charge in [0.2, 0.25) is 0 Å². The number of nitrogens with one attached hydrogen (secondary N) is 2. The van der Waals surface area contributed by atoms with E-state index in [1.165, 1.54) is 0 Å². The Morgan fingerprint density at radius 3 is 2.63 bits per heavy atom. The summed E-state index contributed by atoms with van der Waals surface area (Å²) in [4.78, 5) is 4.76. The molecule has 0 fully saturated rings. The molecule has 0 aliphatic rings. The summed E-state index contributed by atoms with van der Waals surface area (Å²) in [6, 6.07) is 12.3. The first-order valence-corrected chi connectivity index (χ1v) is 9.19. The van der Waals surface area contributed by atoms with Gasteiger partial charge in [0.15, 0.2) is 5.96 Å². The van der Waals surface area contributed by atoms with Gasteiger partial charge in [-0.05, 0) is 44.5 Å². The van der Waals surface area contributed by atoms with Gasteiger partial charge in [0, 0.05) is 25.5 Å². The summed E-state index contributed by atoms with van der Waals surface area (Å²) in [6.07, 6.45) is 1.80. The van der Waals surface area contributed by atoms with Crippen LogP contribution < -0.4 is 10.6 Å². The summed E-state index contributed by atoms with van der Waals surface area (Å²) in [6.45, 7) is 8.17. The van der Waals surface area contributed by atoms with Gasteiger partial charge in [-0.3, -0.25) is 4.68 Å². The summed E-state index contributed by atoms with van der Waals surface area (Å²) in [5.74, 6) is 0.780. The maximum absolute atomic E-state index is 4.76. The van der Waals surface area contributed by atoms with Crippen LogP contribution in [0.3, 0.4) is 0 Å². The average molecular weight is 365 g/mol. The predicted octanol–water partition coefficient (Wildman–Crippen LogP) is 2.48. The topological polar surface area (TPSA) is 72.1 Å². The lowest BCUT2D eigenvalue weighted by atomic mass is 10.2. The number of guanidine groups is 1. The largest absolute Gasteiger partial charge is 0.357 e. The van der Waals surface area contributed by atoms with Gasteiger partial charge in [-0.1, -0.05) is 18.2 Å². The van der Waals surface area contributed by atoms with E-state index >= 15 is 0 Å². The third-order valence-corrected chi connectivity index (χ3v) is 4.34. The molecule has 0 bridgehead atoms. The summed E-state index contributed by atoms with van der Waals surface area (Å²) in [5, 5.41) is 15.5. The molecule has 2 N–H and O–H groups in total. The smallest absolute Gasteiger partial charge is 0.191 e. The van der Waals surface area contributed by atoms with Crippen LogP contribution in [0.15, 0.2) is 47.6 Å². The third kappa shape index (κ3) is 4.55. The molecule has 2 heterocycles. The fraction of sp³-hybridized carbons (Fsp3) is 0.350. The minimum Gasteiger partial charge on any atom is -0.357 e. The number of hydrogen-bond donors (Lipinski definition) is 2. The van der Waals surface area contributed by atoms with E-state index in [1.54, 1.807) is 6.20 Å². The lowest BCUT2D eigenvalue weighted by Gasteiger charge is -2.13. The maximum Gasteiger partial charge on any atom is 0.191 e. The Balaban J connectivity index is 1.78. The minimum atomic E-state index is 0.565. The van der Waals surface area contributed by atoms with Crippen molar-refractivity contribution in [2.75, 3.05) is 6.54 Å². The van der Waals surface area contributed by atoms with Gasteiger partial charge in [0.25, 0.3) is 0 Å². The van der Waals surface area contributed by atoms with E-state index in [1.807, 2.05) is 41.5 Å². The van der Waals surface area contributed by atoms with E-state index in [9.17, 15) is 0 Å². The Kier molecular flexibility index (Phi) is 5.90. The molecule has 0 aliphatic carbocycles. The molecule has 0 amide bonds. The Labute approximate surface area is 160 Å². The van der Waals surface area contributed by atoms with Gasteiger partial charge in [0.1, 0.15) is 0 Å². The highest BCUT2D eigenvalue weighted by molar-refractivity contribution is 5.79. The van der Waals surface area contributed by atoms with Gasteiger partial charge in [0.05, 0.1) is 30.2 Å². The standard InChI is InChI=1S/C20H27N7/c1-5-21-20(23-14-18-10-11-24-26(18)4)22-13-17-8-6-7-9-19(17)27-16(3)12-15(2)25-27/h6-12H,5,13-14H2,1-4H3,(H2,21,22,23). The van der Waals surface area contributed by atoms with Crippen molar-refractivity contribution in [3.63, 3.8) is 0 Å². The number of rotatable bonds is 6. The Morgan fingerprint density at radius 1 is 1.15 bits per heavy atom. The van der Waals surface area contributed by atoms with Crippen LogP contribution in [-0.4, -0.2) is 32.1 Å². The molecule has 0 radical (unpaired) electrons. The second-order valence-electron chi connectivity index (χ2n) is 6.46. The first kappa shape index (κ1) is 18.7. The highest BCUT2D eigenvalue weighted by Crippen LogP contribution is 2.17. The number of aryl methyl sites for hydroxylation is 3. The van der Waals surface area contributed by atoms with Crippen LogP contribution in [0, 0.1) is 13.8 Å². The Morgan fingerprint density at radius 2 is 1.96 bits per heavy atom. The zero-order valence-corrected chi connectivity index (χ0v) is 16.4. The average Bonchev–Trinajstić information content (AvgIpc) is 3.22. The molecule has 7 heteroatoms. The van der Waals surface area contributed by atoms with Crippen molar-refractivity contribution in [1.29, 1.82) is 0 Å². The summed E-state index contributed by atoms with van der Waals surface area (Å²) in [7, 11) is 1.94. The van der Waals surface area contributed by atoms with Crippen molar-refractivity contribution < 1.29 is 0 Å². The Hall–Kier alpha value is -3.09. The lowest BCUT2D eigenvalue weighted by Crippen LogP contribution is -2.37. The zero-order chi connectivity index (χ0) is 19.2. The van der Waals surface area contributed by atoms with Crippen molar-refractivity contribution in [2.45, 2.75) is 33.9 Å². The van der Waals surface area contributed by atoms with Gasteiger partial charge >= 0.3 is 0 Å². The fourth-order valence-corrected chi connectivity index (χ4v) is 2.98. The number of hydrogen-bond acceptors (Lipinski definition) is 3. The molecule has 1 aromatic carbocycles. The number of aliphatic imine (C=N–C) groups is 1. The monoisotopic (exact) mass is 365 g/mol. The van der Waals surface area contributed by atoms with Crippen LogP contribution in [0.2, 0.25) is 0 Å². The molecule has 7 nitrogen and oxygen atoms in total. The molecule has 27 heavy (non-hydrogen) atoms. The summed E-state index contributed by atoms with van der Waals surface area (Å²) in [5.41, 5.74) is 5.42. The van der Waals surface area contributed by atoms with Crippen LogP contribution >= 0.6 is 0 Å². The first-order chi connectivity index (χ1) is 13.1. The van der Waals surface area contributed by atoms with E-state index in [0.29, 0.717) is 13.1 Å². The van der Waals surface area contributed by atoms with Crippen molar-refractivity contribution in [3.8, 4) is 5.69 Å². The van der Waals surface area contributed by atoms with Crippen molar-refractivity contribution in [1.82, 2.24) is 30.2 Å². The van der Waals surface area contributed by atoms with Gasteiger partial charge in [-0.15, -0.1) is 0 Å². The van der Waals surface area contributed by atoms with E-state index in [-0.39, 0.29) is 0 Å². The van der Waals surface area contributed by atoms with Crippen LogP contribution in [-0.2, 0) is 20.1 Å². The van der Waals surface area contributed by atoms with E-state index < -0.39 is 0 Å². The molecule has 3 aromatic rings.